The van der Waals surface area contributed by atoms with Crippen LogP contribution in [0.15, 0.2) is 30.3 Å². The maximum atomic E-state index is 12.6. The van der Waals surface area contributed by atoms with Crippen molar-refractivity contribution >= 4 is 50.7 Å². The summed E-state index contributed by atoms with van der Waals surface area (Å²) in [5, 5.41) is 5.95. The number of halogens is 1. The molecule has 4 aromatic rings. The molecule has 0 aliphatic rings. The lowest BCUT2D eigenvalue weighted by Gasteiger charge is -2.04. The largest absolute Gasteiger partial charge is 0.453 e. The average molecular weight is 470 g/mol. The third-order valence-electron chi connectivity index (χ3n) is 5.20. The highest BCUT2D eigenvalue weighted by Crippen LogP contribution is 2.31. The maximum absolute atomic E-state index is 12.6. The molecule has 3 aromatic heterocycles. The van der Waals surface area contributed by atoms with Gasteiger partial charge in [0.05, 0.1) is 17.1 Å². The van der Waals surface area contributed by atoms with Crippen LogP contribution < -0.4 is 0 Å². The van der Waals surface area contributed by atoms with E-state index < -0.39 is 18.4 Å². The molecule has 0 unspecified atom stereocenters. The van der Waals surface area contributed by atoms with Gasteiger partial charge >= 0.3 is 5.97 Å². The molecule has 0 spiro atoms. The molecule has 32 heavy (non-hydrogen) atoms. The number of thiophene rings is 1. The highest BCUT2D eigenvalue weighted by Gasteiger charge is 2.22. The van der Waals surface area contributed by atoms with Gasteiger partial charge in [0.2, 0.25) is 5.78 Å². The molecule has 1 aromatic carbocycles. The summed E-state index contributed by atoms with van der Waals surface area (Å²) in [6.45, 7) is 6.31. The highest BCUT2D eigenvalue weighted by atomic mass is 35.5. The minimum Gasteiger partial charge on any atom is -0.453 e. The number of ketones is 2. The van der Waals surface area contributed by atoms with Crippen molar-refractivity contribution in [3.05, 3.63) is 68.4 Å². The molecule has 3 heterocycles. The number of aromatic nitrogens is 3. The van der Waals surface area contributed by atoms with Crippen LogP contribution in [0.3, 0.4) is 0 Å². The molecule has 0 aliphatic heterocycles. The molecule has 0 amide bonds. The van der Waals surface area contributed by atoms with Crippen molar-refractivity contribution in [1.29, 1.82) is 0 Å². The number of ether oxygens (including phenoxy) is 1. The number of Topliss-reactive ketones (excluding diaryl/α,β-unsaturated/α-hetero) is 2. The van der Waals surface area contributed by atoms with Gasteiger partial charge in [0.15, 0.2) is 12.4 Å². The van der Waals surface area contributed by atoms with Gasteiger partial charge in [-0.05, 0) is 57.5 Å². The van der Waals surface area contributed by atoms with Crippen LogP contribution in [0.2, 0.25) is 5.02 Å². The number of carbonyl (C=O) groups is 3. The van der Waals surface area contributed by atoms with Crippen molar-refractivity contribution in [3.8, 4) is 5.69 Å². The van der Waals surface area contributed by atoms with Gasteiger partial charge in [0.1, 0.15) is 9.71 Å². The van der Waals surface area contributed by atoms with Crippen molar-refractivity contribution in [2.75, 3.05) is 6.61 Å². The third-order valence-corrected chi connectivity index (χ3v) is 6.53. The van der Waals surface area contributed by atoms with E-state index in [-0.39, 0.29) is 11.5 Å². The molecule has 0 bridgehead atoms. The molecule has 0 atom stereocenters. The van der Waals surface area contributed by atoms with E-state index in [1.807, 2.05) is 19.1 Å². The van der Waals surface area contributed by atoms with Crippen molar-refractivity contribution in [2.45, 2.75) is 27.7 Å². The number of aryl methyl sites for hydroxylation is 2. The first-order valence-electron chi connectivity index (χ1n) is 9.83. The second-order valence-corrected chi connectivity index (χ2v) is 8.95. The van der Waals surface area contributed by atoms with Crippen LogP contribution in [0.1, 0.15) is 54.4 Å². The van der Waals surface area contributed by atoms with Crippen molar-refractivity contribution in [3.63, 3.8) is 0 Å². The van der Waals surface area contributed by atoms with Crippen LogP contribution in [0.4, 0.5) is 0 Å². The fraction of sp³-hybridized carbons (Fsp3) is 0.217. The lowest BCUT2D eigenvalue weighted by molar-refractivity contribution is 0.0478. The highest BCUT2D eigenvalue weighted by molar-refractivity contribution is 7.20. The van der Waals surface area contributed by atoms with Gasteiger partial charge in [-0.15, -0.1) is 11.3 Å². The van der Waals surface area contributed by atoms with E-state index >= 15 is 0 Å². The van der Waals surface area contributed by atoms with Crippen LogP contribution >= 0.6 is 22.9 Å². The number of carbonyl (C=O) groups excluding carboxylic acids is 3. The maximum Gasteiger partial charge on any atom is 0.348 e. The van der Waals surface area contributed by atoms with E-state index in [1.165, 1.54) is 18.3 Å². The van der Waals surface area contributed by atoms with Crippen LogP contribution in [0, 0.1) is 20.8 Å². The summed E-state index contributed by atoms with van der Waals surface area (Å²) in [7, 11) is 0. The normalized spacial score (nSPS) is 11.2. The summed E-state index contributed by atoms with van der Waals surface area (Å²) in [6, 6.07) is 8.99. The smallest absolute Gasteiger partial charge is 0.348 e. The molecule has 0 saturated heterocycles. The molecule has 0 saturated carbocycles. The first kappa shape index (κ1) is 22.0. The second-order valence-electron chi connectivity index (χ2n) is 7.49. The van der Waals surface area contributed by atoms with Crippen molar-refractivity contribution in [2.24, 2.45) is 0 Å². The number of fused-ring (bicyclic) bond motifs is 1. The van der Waals surface area contributed by atoms with E-state index in [1.54, 1.807) is 36.7 Å². The first-order chi connectivity index (χ1) is 15.2. The van der Waals surface area contributed by atoms with E-state index in [9.17, 15) is 14.4 Å². The van der Waals surface area contributed by atoms with Crippen LogP contribution in [0.25, 0.3) is 15.9 Å². The fourth-order valence-electron chi connectivity index (χ4n) is 3.76. The molecule has 4 rings (SSSR count). The van der Waals surface area contributed by atoms with Gasteiger partial charge in [-0.25, -0.2) is 9.48 Å². The number of H-pyrrole nitrogens is 1. The zero-order chi connectivity index (χ0) is 23.2. The number of hydrogen-bond donors (Lipinski definition) is 1. The Kier molecular flexibility index (Phi) is 5.75. The number of benzene rings is 1. The predicted octanol–water partition coefficient (Wildman–Crippen LogP) is 5.24. The number of aromatic amines is 1. The van der Waals surface area contributed by atoms with Gasteiger partial charge in [-0.1, -0.05) is 17.7 Å². The molecular weight excluding hydrogens is 450 g/mol. The Hall–Kier alpha value is -3.23. The molecular formula is C23H20ClN3O4S. The summed E-state index contributed by atoms with van der Waals surface area (Å²) < 4.78 is 7.01. The Morgan fingerprint density at radius 3 is 2.59 bits per heavy atom. The number of nitrogens with one attached hydrogen (secondary N) is 1. The zero-order valence-corrected chi connectivity index (χ0v) is 19.5. The summed E-state index contributed by atoms with van der Waals surface area (Å²) >= 11 is 7.34. The van der Waals surface area contributed by atoms with E-state index in [4.69, 9.17) is 16.3 Å². The predicted molar refractivity (Wildman–Crippen MR) is 124 cm³/mol. The standard InChI is InChI=1S/C23H20ClN3O4S/c1-11-20(14(4)28)13(3)25-21(11)18(29)10-31-23(30)19-9-17-12(2)26-27(22(17)32-19)16-7-5-6-15(24)8-16/h5-9,25H,10H2,1-4H3. The minimum absolute atomic E-state index is 0.123. The van der Waals surface area contributed by atoms with E-state index in [0.29, 0.717) is 26.7 Å². The topological polar surface area (TPSA) is 94.0 Å². The molecule has 164 valence electrons. The molecule has 9 heteroatoms. The Morgan fingerprint density at radius 2 is 1.94 bits per heavy atom. The summed E-state index contributed by atoms with van der Waals surface area (Å²) in [5.74, 6) is -1.11. The number of nitrogens with zero attached hydrogens (tertiary/aromatic N) is 2. The quantitative estimate of drug-likeness (QED) is 0.308. The zero-order valence-electron chi connectivity index (χ0n) is 17.9. The SMILES string of the molecule is CC(=O)c1c(C)[nH]c(C(=O)COC(=O)c2cc3c(C)nn(-c4cccc(Cl)c4)c3s2)c1C. The lowest BCUT2D eigenvalue weighted by Crippen LogP contribution is -2.15. The molecule has 7 nitrogen and oxygen atoms in total. The summed E-state index contributed by atoms with van der Waals surface area (Å²) in [4.78, 5) is 41.1. The Labute approximate surface area is 193 Å². The first-order valence-corrected chi connectivity index (χ1v) is 11.0. The average Bonchev–Trinajstić information content (AvgIpc) is 3.39. The number of esters is 1. The van der Waals surface area contributed by atoms with Gasteiger partial charge in [0, 0.05) is 21.7 Å². The van der Waals surface area contributed by atoms with Gasteiger partial charge in [-0.3, -0.25) is 9.59 Å². The minimum atomic E-state index is -0.593. The van der Waals surface area contributed by atoms with Crippen LogP contribution in [-0.4, -0.2) is 38.9 Å². The van der Waals surface area contributed by atoms with Gasteiger partial charge < -0.3 is 9.72 Å². The monoisotopic (exact) mass is 469 g/mol. The molecule has 1 N–H and O–H groups in total. The molecule has 0 aliphatic carbocycles. The van der Waals surface area contributed by atoms with Gasteiger partial charge in [-0.2, -0.15) is 5.10 Å². The molecule has 0 fully saturated rings. The molecule has 0 radical (unpaired) electrons. The Morgan fingerprint density at radius 1 is 1.19 bits per heavy atom. The summed E-state index contributed by atoms with van der Waals surface area (Å²) in [5.41, 5.74) is 3.51. The van der Waals surface area contributed by atoms with Crippen molar-refractivity contribution in [1.82, 2.24) is 14.8 Å². The number of rotatable bonds is 6. The lowest BCUT2D eigenvalue weighted by atomic mass is 10.1. The Bertz CT molecular complexity index is 1400. The second kappa shape index (κ2) is 8.37. The van der Waals surface area contributed by atoms with Gasteiger partial charge in [0.25, 0.3) is 0 Å². The fourth-order valence-corrected chi connectivity index (χ4v) is 5.02. The Balaban J connectivity index is 1.55. The van der Waals surface area contributed by atoms with Crippen molar-refractivity contribution < 1.29 is 19.1 Å². The summed E-state index contributed by atoms with van der Waals surface area (Å²) in [6.07, 6.45) is 0. The van der Waals surface area contributed by atoms with Crippen LogP contribution in [0.5, 0.6) is 0 Å². The van der Waals surface area contributed by atoms with Crippen LogP contribution in [-0.2, 0) is 4.74 Å². The van der Waals surface area contributed by atoms with E-state index in [0.717, 1.165) is 21.6 Å². The number of hydrogen-bond acceptors (Lipinski definition) is 6. The van der Waals surface area contributed by atoms with E-state index in [2.05, 4.69) is 10.1 Å². The third kappa shape index (κ3) is 3.87.